The highest BCUT2D eigenvalue weighted by Crippen LogP contribution is 2.28. The van der Waals surface area contributed by atoms with Crippen LogP contribution in [0, 0.1) is 0 Å². The summed E-state index contributed by atoms with van der Waals surface area (Å²) in [6.45, 7) is 2.30. The molecule has 3 heterocycles. The predicted octanol–water partition coefficient (Wildman–Crippen LogP) is 2.51. The van der Waals surface area contributed by atoms with E-state index in [2.05, 4.69) is 20.5 Å². The second-order valence-corrected chi connectivity index (χ2v) is 8.65. The number of anilines is 2. The van der Waals surface area contributed by atoms with Crippen molar-refractivity contribution < 1.29 is 22.6 Å². The number of fused-ring (bicyclic) bond motifs is 1. The fourth-order valence-corrected chi connectivity index (χ4v) is 4.52. The summed E-state index contributed by atoms with van der Waals surface area (Å²) >= 11 is 0. The maximum atomic E-state index is 13.2. The van der Waals surface area contributed by atoms with Crippen LogP contribution in [0.2, 0.25) is 0 Å². The number of ether oxygens (including phenoxy) is 2. The number of benzene rings is 1. The van der Waals surface area contributed by atoms with E-state index in [1.807, 2.05) is 0 Å². The van der Waals surface area contributed by atoms with Crippen molar-refractivity contribution in [1.29, 1.82) is 0 Å². The van der Waals surface area contributed by atoms with Gasteiger partial charge in [-0.05, 0) is 55.7 Å². The molecule has 0 spiro atoms. The highest BCUT2D eigenvalue weighted by molar-refractivity contribution is 5.61. The van der Waals surface area contributed by atoms with Crippen molar-refractivity contribution in [2.45, 2.75) is 38.2 Å². The van der Waals surface area contributed by atoms with E-state index in [9.17, 15) is 22.8 Å². The SMILES string of the molecule is O=c1c(Nc2nn(-c3ccc(OC(F)(F)F)cc3)c(=O)c3c2CCC3)cccn1CC1COCCN1. The summed E-state index contributed by atoms with van der Waals surface area (Å²) in [7, 11) is 0. The lowest BCUT2D eigenvalue weighted by Crippen LogP contribution is -2.45. The van der Waals surface area contributed by atoms with Gasteiger partial charge in [0, 0.05) is 36.5 Å². The van der Waals surface area contributed by atoms with Crippen LogP contribution in [0.3, 0.4) is 0 Å². The van der Waals surface area contributed by atoms with Gasteiger partial charge in [-0.25, -0.2) is 0 Å². The first kappa shape index (κ1) is 24.1. The third-order valence-electron chi connectivity index (χ3n) is 6.16. The average Bonchev–Trinajstić information content (AvgIpc) is 3.35. The number of morpholine rings is 1. The van der Waals surface area contributed by atoms with Gasteiger partial charge in [0.25, 0.3) is 11.1 Å². The molecule has 0 bridgehead atoms. The Morgan fingerprint density at radius 2 is 1.89 bits per heavy atom. The summed E-state index contributed by atoms with van der Waals surface area (Å²) in [6, 6.07) is 8.31. The molecule has 1 atom stereocenters. The molecule has 0 amide bonds. The number of pyridine rings is 1. The Hall–Kier alpha value is -3.64. The third-order valence-corrected chi connectivity index (χ3v) is 6.16. The molecule has 190 valence electrons. The number of hydrogen-bond donors (Lipinski definition) is 2. The molecule has 36 heavy (non-hydrogen) atoms. The maximum absolute atomic E-state index is 13.2. The quantitative estimate of drug-likeness (QED) is 0.533. The van der Waals surface area contributed by atoms with Gasteiger partial charge < -0.3 is 24.7 Å². The van der Waals surface area contributed by atoms with Gasteiger partial charge in [-0.15, -0.1) is 18.3 Å². The van der Waals surface area contributed by atoms with Crippen LogP contribution in [-0.2, 0) is 24.1 Å². The average molecular weight is 503 g/mol. The summed E-state index contributed by atoms with van der Waals surface area (Å²) in [5, 5.41) is 10.9. The smallest absolute Gasteiger partial charge is 0.406 e. The van der Waals surface area contributed by atoms with Gasteiger partial charge in [0.2, 0.25) is 0 Å². The summed E-state index contributed by atoms with van der Waals surface area (Å²) in [5.74, 6) is -0.0341. The van der Waals surface area contributed by atoms with Crippen LogP contribution in [0.25, 0.3) is 5.69 Å². The predicted molar refractivity (Wildman–Crippen MR) is 125 cm³/mol. The summed E-state index contributed by atoms with van der Waals surface area (Å²) < 4.78 is 49.6. The van der Waals surface area contributed by atoms with E-state index in [0.717, 1.165) is 35.3 Å². The molecule has 2 aliphatic rings. The van der Waals surface area contributed by atoms with Crippen LogP contribution in [0.1, 0.15) is 17.5 Å². The molecular weight excluding hydrogens is 479 g/mol. The summed E-state index contributed by atoms with van der Waals surface area (Å²) in [4.78, 5) is 26.2. The molecule has 1 fully saturated rings. The lowest BCUT2D eigenvalue weighted by Gasteiger charge is -2.24. The Bertz CT molecular complexity index is 1360. The van der Waals surface area contributed by atoms with E-state index >= 15 is 0 Å². The molecule has 1 aliphatic carbocycles. The van der Waals surface area contributed by atoms with E-state index in [-0.39, 0.29) is 22.8 Å². The Morgan fingerprint density at radius 1 is 1.11 bits per heavy atom. The molecule has 12 heteroatoms. The largest absolute Gasteiger partial charge is 0.573 e. The number of alkyl halides is 3. The van der Waals surface area contributed by atoms with Crippen molar-refractivity contribution in [3.8, 4) is 11.4 Å². The number of hydrogen-bond acceptors (Lipinski definition) is 7. The van der Waals surface area contributed by atoms with Gasteiger partial charge in [-0.3, -0.25) is 9.59 Å². The fraction of sp³-hybridized carbons (Fsp3) is 0.375. The fourth-order valence-electron chi connectivity index (χ4n) is 4.52. The molecule has 0 saturated carbocycles. The van der Waals surface area contributed by atoms with Crippen LogP contribution in [0.4, 0.5) is 24.7 Å². The second-order valence-electron chi connectivity index (χ2n) is 8.65. The van der Waals surface area contributed by atoms with Gasteiger partial charge in [0.05, 0.1) is 18.9 Å². The zero-order valence-corrected chi connectivity index (χ0v) is 19.2. The lowest BCUT2D eigenvalue weighted by atomic mass is 10.2. The molecule has 0 radical (unpaired) electrons. The minimum absolute atomic E-state index is 0.0141. The highest BCUT2D eigenvalue weighted by Gasteiger charge is 2.31. The van der Waals surface area contributed by atoms with E-state index in [1.165, 1.54) is 12.1 Å². The van der Waals surface area contributed by atoms with Gasteiger partial charge in [-0.2, -0.15) is 4.68 Å². The van der Waals surface area contributed by atoms with Crippen molar-refractivity contribution >= 4 is 11.5 Å². The molecule has 1 saturated heterocycles. The number of halogens is 3. The minimum Gasteiger partial charge on any atom is -0.406 e. The van der Waals surface area contributed by atoms with Crippen LogP contribution >= 0.6 is 0 Å². The van der Waals surface area contributed by atoms with Crippen molar-refractivity contribution in [3.05, 3.63) is 74.4 Å². The third kappa shape index (κ3) is 5.14. The number of nitrogens with zero attached hydrogens (tertiary/aromatic N) is 3. The van der Waals surface area contributed by atoms with Crippen molar-refractivity contribution in [2.75, 3.05) is 25.1 Å². The van der Waals surface area contributed by atoms with E-state index < -0.39 is 12.1 Å². The first-order chi connectivity index (χ1) is 17.3. The Labute approximate surface area is 203 Å². The van der Waals surface area contributed by atoms with Gasteiger partial charge in [-0.1, -0.05) is 0 Å². The maximum Gasteiger partial charge on any atom is 0.573 e. The molecule has 9 nitrogen and oxygen atoms in total. The molecular formula is C24H24F3N5O4. The van der Waals surface area contributed by atoms with Crippen LogP contribution in [0.15, 0.2) is 52.2 Å². The minimum atomic E-state index is -4.82. The van der Waals surface area contributed by atoms with Crippen LogP contribution in [0.5, 0.6) is 5.75 Å². The zero-order chi connectivity index (χ0) is 25.3. The van der Waals surface area contributed by atoms with Crippen LogP contribution in [-0.4, -0.2) is 46.5 Å². The number of rotatable bonds is 6. The standard InChI is InChI=1S/C24H24F3N5O4/c25-24(26,27)36-17-8-6-16(7-9-17)32-22(33)19-4-1-3-18(19)21(30-32)29-20-5-2-11-31(23(20)34)13-15-14-35-12-10-28-15/h2,5-9,11,15,28H,1,3-4,10,12-14H2,(H,29,30). The first-order valence-electron chi connectivity index (χ1n) is 11.6. The summed E-state index contributed by atoms with van der Waals surface area (Å²) in [5.41, 5.74) is 1.31. The van der Waals surface area contributed by atoms with E-state index in [0.29, 0.717) is 49.7 Å². The monoisotopic (exact) mass is 503 g/mol. The molecule has 3 aromatic rings. The molecule has 2 N–H and O–H groups in total. The number of nitrogens with one attached hydrogen (secondary N) is 2. The molecule has 5 rings (SSSR count). The van der Waals surface area contributed by atoms with Crippen molar-refractivity contribution in [3.63, 3.8) is 0 Å². The first-order valence-corrected chi connectivity index (χ1v) is 11.6. The highest BCUT2D eigenvalue weighted by atomic mass is 19.4. The van der Waals surface area contributed by atoms with Crippen molar-refractivity contribution in [1.82, 2.24) is 19.7 Å². The van der Waals surface area contributed by atoms with E-state index in [1.54, 1.807) is 22.9 Å². The van der Waals surface area contributed by atoms with Crippen molar-refractivity contribution in [2.24, 2.45) is 0 Å². The molecule has 1 aromatic carbocycles. The van der Waals surface area contributed by atoms with E-state index in [4.69, 9.17) is 4.74 Å². The zero-order valence-electron chi connectivity index (χ0n) is 19.2. The van der Waals surface area contributed by atoms with Gasteiger partial charge in [0.15, 0.2) is 5.82 Å². The molecule has 2 aromatic heterocycles. The Kier molecular flexibility index (Phi) is 6.54. The lowest BCUT2D eigenvalue weighted by molar-refractivity contribution is -0.274. The van der Waals surface area contributed by atoms with Gasteiger partial charge >= 0.3 is 6.36 Å². The summed E-state index contributed by atoms with van der Waals surface area (Å²) in [6.07, 6.45) is -1.18. The topological polar surface area (TPSA) is 99.4 Å². The molecule has 1 aliphatic heterocycles. The molecule has 1 unspecified atom stereocenters. The normalized spacial score (nSPS) is 17.6. The number of aromatic nitrogens is 3. The second kappa shape index (κ2) is 9.78. The Balaban J connectivity index is 1.46. The van der Waals surface area contributed by atoms with Gasteiger partial charge in [0.1, 0.15) is 11.4 Å². The van der Waals surface area contributed by atoms with Crippen LogP contribution < -0.4 is 26.5 Å². The Morgan fingerprint density at radius 3 is 2.61 bits per heavy atom.